The zero-order chi connectivity index (χ0) is 16.0. The van der Waals surface area contributed by atoms with Crippen molar-refractivity contribution in [1.29, 1.82) is 0 Å². The summed E-state index contributed by atoms with van der Waals surface area (Å²) in [5, 5.41) is 4.09. The average molecular weight is 318 g/mol. The molecular weight excluding hydrogens is 296 g/mol. The van der Waals surface area contributed by atoms with E-state index in [1.54, 1.807) is 0 Å². The van der Waals surface area contributed by atoms with Crippen LogP contribution >= 0.6 is 0 Å². The zero-order valence-corrected chi connectivity index (χ0v) is 13.8. The minimum absolute atomic E-state index is 0.0992. The Bertz CT molecular complexity index is 672. The van der Waals surface area contributed by atoms with Gasteiger partial charge in [0, 0.05) is 19.0 Å². The van der Waals surface area contributed by atoms with Gasteiger partial charge in [0.2, 0.25) is 5.89 Å². The number of rotatable bonds is 4. The lowest BCUT2D eigenvalue weighted by Crippen LogP contribution is -2.42. The van der Waals surface area contributed by atoms with Crippen molar-refractivity contribution in [2.24, 2.45) is 0 Å². The Morgan fingerprint density at radius 1 is 1.17 bits per heavy atom. The number of aromatic nitrogens is 3. The van der Waals surface area contributed by atoms with Crippen LogP contribution in [-0.4, -0.2) is 39.2 Å². The van der Waals surface area contributed by atoms with Gasteiger partial charge in [0.1, 0.15) is 11.9 Å². The third kappa shape index (κ3) is 3.16. The first-order chi connectivity index (χ1) is 11.1. The molecule has 1 saturated carbocycles. The first kappa shape index (κ1) is 14.8. The summed E-state index contributed by atoms with van der Waals surface area (Å²) in [5.74, 6) is 3.53. The molecule has 1 saturated heterocycles. The predicted octanol–water partition coefficient (Wildman–Crippen LogP) is 2.51. The van der Waals surface area contributed by atoms with Crippen LogP contribution in [0.1, 0.15) is 60.8 Å². The Hall–Kier alpha value is -1.73. The van der Waals surface area contributed by atoms with Crippen LogP contribution in [0.3, 0.4) is 0 Å². The molecule has 124 valence electrons. The molecule has 0 radical (unpaired) electrons. The van der Waals surface area contributed by atoms with Crippen LogP contribution in [0.15, 0.2) is 8.94 Å². The topological polar surface area (TPSA) is 77.4 Å². The van der Waals surface area contributed by atoms with Crippen molar-refractivity contribution in [1.82, 2.24) is 20.0 Å². The van der Waals surface area contributed by atoms with Gasteiger partial charge in [0.25, 0.3) is 5.89 Å². The van der Waals surface area contributed by atoms with E-state index >= 15 is 0 Å². The second-order valence-electron chi connectivity index (χ2n) is 6.64. The van der Waals surface area contributed by atoms with Crippen molar-refractivity contribution < 1.29 is 13.7 Å². The molecule has 2 atom stereocenters. The number of aryl methyl sites for hydroxylation is 2. The molecule has 7 heteroatoms. The highest BCUT2D eigenvalue weighted by atomic mass is 16.5. The Kier molecular flexibility index (Phi) is 3.69. The van der Waals surface area contributed by atoms with E-state index in [1.807, 2.05) is 13.8 Å². The van der Waals surface area contributed by atoms with Crippen molar-refractivity contribution in [2.75, 3.05) is 13.1 Å². The first-order valence-electron chi connectivity index (χ1n) is 8.22. The monoisotopic (exact) mass is 318 g/mol. The number of ether oxygens (including phenoxy) is 1. The van der Waals surface area contributed by atoms with Gasteiger partial charge in [-0.15, -0.1) is 0 Å². The molecule has 0 spiro atoms. The van der Waals surface area contributed by atoms with Crippen molar-refractivity contribution in [3.05, 3.63) is 29.1 Å². The van der Waals surface area contributed by atoms with Gasteiger partial charge in [-0.2, -0.15) is 4.98 Å². The molecule has 23 heavy (non-hydrogen) atoms. The lowest BCUT2D eigenvalue weighted by molar-refractivity contribution is -0.0945. The SMILES string of the molecule is Cc1nc(CN2C[C@@H](C)O[C@@H](c3nc(C4CC4)no3)C2)oc1C. The van der Waals surface area contributed by atoms with Crippen LogP contribution in [0.4, 0.5) is 0 Å². The molecule has 2 fully saturated rings. The second kappa shape index (κ2) is 5.72. The predicted molar refractivity (Wildman–Crippen MR) is 80.8 cm³/mol. The average Bonchev–Trinajstić information content (AvgIpc) is 3.14. The summed E-state index contributed by atoms with van der Waals surface area (Å²) in [4.78, 5) is 11.3. The van der Waals surface area contributed by atoms with Gasteiger partial charge in [-0.25, -0.2) is 4.98 Å². The molecule has 4 rings (SSSR count). The third-order valence-electron chi connectivity index (χ3n) is 4.44. The van der Waals surface area contributed by atoms with Gasteiger partial charge in [-0.1, -0.05) is 5.16 Å². The largest absolute Gasteiger partial charge is 0.444 e. The molecule has 0 amide bonds. The Morgan fingerprint density at radius 3 is 2.70 bits per heavy atom. The molecule has 2 aromatic rings. The van der Waals surface area contributed by atoms with Gasteiger partial charge in [0.15, 0.2) is 5.82 Å². The first-order valence-corrected chi connectivity index (χ1v) is 8.22. The van der Waals surface area contributed by atoms with Gasteiger partial charge < -0.3 is 13.7 Å². The molecule has 0 N–H and O–H groups in total. The summed E-state index contributed by atoms with van der Waals surface area (Å²) in [6, 6.07) is 0. The zero-order valence-electron chi connectivity index (χ0n) is 13.8. The second-order valence-corrected chi connectivity index (χ2v) is 6.64. The maximum Gasteiger partial charge on any atom is 0.257 e. The molecule has 0 bridgehead atoms. The van der Waals surface area contributed by atoms with Crippen LogP contribution in [0, 0.1) is 13.8 Å². The fraction of sp³-hybridized carbons (Fsp3) is 0.688. The molecule has 0 unspecified atom stereocenters. The quantitative estimate of drug-likeness (QED) is 0.857. The molecule has 2 aromatic heterocycles. The van der Waals surface area contributed by atoms with Crippen LogP contribution in [0.2, 0.25) is 0 Å². The minimum Gasteiger partial charge on any atom is -0.444 e. The van der Waals surface area contributed by atoms with Crippen molar-refractivity contribution >= 4 is 0 Å². The van der Waals surface area contributed by atoms with Crippen LogP contribution in [-0.2, 0) is 11.3 Å². The van der Waals surface area contributed by atoms with E-state index in [4.69, 9.17) is 13.7 Å². The third-order valence-corrected chi connectivity index (χ3v) is 4.44. The lowest BCUT2D eigenvalue weighted by atomic mass is 10.2. The smallest absolute Gasteiger partial charge is 0.257 e. The van der Waals surface area contributed by atoms with Gasteiger partial charge >= 0.3 is 0 Å². The fourth-order valence-electron chi connectivity index (χ4n) is 2.99. The molecule has 7 nitrogen and oxygen atoms in total. The van der Waals surface area contributed by atoms with E-state index in [9.17, 15) is 0 Å². The van der Waals surface area contributed by atoms with Crippen LogP contribution < -0.4 is 0 Å². The molecular formula is C16H22N4O3. The highest BCUT2D eigenvalue weighted by molar-refractivity contribution is 5.06. The fourth-order valence-corrected chi connectivity index (χ4v) is 2.99. The number of nitrogens with zero attached hydrogens (tertiary/aromatic N) is 4. The molecule has 3 heterocycles. The minimum atomic E-state index is -0.184. The highest BCUT2D eigenvalue weighted by Crippen LogP contribution is 2.39. The number of hydrogen-bond acceptors (Lipinski definition) is 7. The maximum atomic E-state index is 5.99. The van der Waals surface area contributed by atoms with E-state index in [0.29, 0.717) is 24.9 Å². The Morgan fingerprint density at radius 2 is 2.00 bits per heavy atom. The summed E-state index contributed by atoms with van der Waals surface area (Å²) in [5.41, 5.74) is 0.948. The van der Waals surface area contributed by atoms with Crippen LogP contribution in [0.25, 0.3) is 0 Å². The lowest BCUT2D eigenvalue weighted by Gasteiger charge is -2.34. The summed E-state index contributed by atoms with van der Waals surface area (Å²) in [6.45, 7) is 8.17. The van der Waals surface area contributed by atoms with E-state index in [0.717, 1.165) is 42.6 Å². The van der Waals surface area contributed by atoms with Crippen molar-refractivity contribution in [3.63, 3.8) is 0 Å². The van der Waals surface area contributed by atoms with Gasteiger partial charge in [-0.05, 0) is 33.6 Å². The van der Waals surface area contributed by atoms with Crippen molar-refractivity contribution in [3.8, 4) is 0 Å². The van der Waals surface area contributed by atoms with E-state index in [1.165, 1.54) is 0 Å². The Labute approximate surface area is 135 Å². The molecule has 2 aliphatic rings. The van der Waals surface area contributed by atoms with E-state index in [-0.39, 0.29) is 12.2 Å². The van der Waals surface area contributed by atoms with E-state index < -0.39 is 0 Å². The number of oxazole rings is 1. The molecule has 1 aliphatic heterocycles. The molecule has 0 aromatic carbocycles. The normalized spacial score (nSPS) is 25.9. The van der Waals surface area contributed by atoms with Crippen molar-refractivity contribution in [2.45, 2.75) is 58.3 Å². The summed E-state index contributed by atoms with van der Waals surface area (Å²) >= 11 is 0. The maximum absolute atomic E-state index is 5.99. The van der Waals surface area contributed by atoms with Crippen LogP contribution in [0.5, 0.6) is 0 Å². The summed E-state index contributed by atoms with van der Waals surface area (Å²) < 4.78 is 17.1. The standard InChI is InChI=1S/C16H22N4O3/c1-9-6-20(8-14-17-10(2)11(3)22-14)7-13(21-9)16-18-15(19-23-16)12-4-5-12/h9,12-13H,4-8H2,1-3H3/t9-,13-/m1/s1. The van der Waals surface area contributed by atoms with Gasteiger partial charge in [0.05, 0.1) is 18.3 Å². The number of morpholine rings is 1. The summed E-state index contributed by atoms with van der Waals surface area (Å²) in [7, 11) is 0. The van der Waals surface area contributed by atoms with E-state index in [2.05, 4.69) is 26.9 Å². The molecule has 1 aliphatic carbocycles. The summed E-state index contributed by atoms with van der Waals surface area (Å²) in [6.07, 6.45) is 2.24. The van der Waals surface area contributed by atoms with Gasteiger partial charge in [-0.3, -0.25) is 4.90 Å². The highest BCUT2D eigenvalue weighted by Gasteiger charge is 2.34. The number of hydrogen-bond donors (Lipinski definition) is 0. The Balaban J connectivity index is 1.46.